The molecule has 0 saturated carbocycles. The lowest BCUT2D eigenvalue weighted by atomic mass is 10.2. The monoisotopic (exact) mass is 308 g/mol. The maximum atomic E-state index is 10.7. The highest BCUT2D eigenvalue weighted by atomic mass is 79.9. The second-order valence-electron chi connectivity index (χ2n) is 2.09. The lowest BCUT2D eigenvalue weighted by Gasteiger charge is -2.05. The van der Waals surface area contributed by atoms with Gasteiger partial charge >= 0.3 is 0 Å². The number of benzene rings is 1. The molecule has 0 aliphatic rings. The summed E-state index contributed by atoms with van der Waals surface area (Å²) in [6, 6.07) is 3.77. The first kappa shape index (κ1) is 10.3. The van der Waals surface area contributed by atoms with E-state index in [1.807, 2.05) is 18.4 Å². The first-order valence-corrected chi connectivity index (χ1v) is 5.99. The molecule has 1 aromatic carbocycles. The molecule has 0 fully saturated rings. The van der Waals surface area contributed by atoms with Crippen LogP contribution in [0.5, 0.6) is 0 Å². The van der Waals surface area contributed by atoms with Gasteiger partial charge in [-0.1, -0.05) is 15.9 Å². The Kier molecular flexibility index (Phi) is 3.80. The fraction of sp³-hybridized carbons (Fsp3) is 0.125. The van der Waals surface area contributed by atoms with Crippen LogP contribution in [0.25, 0.3) is 0 Å². The van der Waals surface area contributed by atoms with Gasteiger partial charge in [0.1, 0.15) is 0 Å². The second kappa shape index (κ2) is 4.44. The van der Waals surface area contributed by atoms with Crippen molar-refractivity contribution in [1.29, 1.82) is 0 Å². The average molecular weight is 310 g/mol. The summed E-state index contributed by atoms with van der Waals surface area (Å²) < 4.78 is 1.80. The van der Waals surface area contributed by atoms with Crippen LogP contribution in [-0.2, 0) is 0 Å². The Labute approximate surface area is 92.2 Å². The first-order chi connectivity index (χ1) is 5.70. The van der Waals surface area contributed by atoms with E-state index in [4.69, 9.17) is 0 Å². The van der Waals surface area contributed by atoms with Crippen LogP contribution < -0.4 is 0 Å². The zero-order valence-corrected chi connectivity index (χ0v) is 10.3. The minimum atomic E-state index is 0.705. The minimum Gasteiger partial charge on any atom is -0.298 e. The van der Waals surface area contributed by atoms with Crippen molar-refractivity contribution in [2.75, 3.05) is 6.26 Å². The van der Waals surface area contributed by atoms with Crippen LogP contribution in [-0.4, -0.2) is 12.5 Å². The van der Waals surface area contributed by atoms with E-state index < -0.39 is 0 Å². The summed E-state index contributed by atoms with van der Waals surface area (Å²) in [7, 11) is 0. The minimum absolute atomic E-state index is 0.705. The van der Waals surface area contributed by atoms with Gasteiger partial charge in [0.15, 0.2) is 6.29 Å². The van der Waals surface area contributed by atoms with Gasteiger partial charge in [-0.25, -0.2) is 0 Å². The topological polar surface area (TPSA) is 17.1 Å². The quantitative estimate of drug-likeness (QED) is 0.611. The maximum absolute atomic E-state index is 10.7. The number of halogens is 2. The van der Waals surface area contributed by atoms with Crippen molar-refractivity contribution in [3.05, 3.63) is 26.6 Å². The highest BCUT2D eigenvalue weighted by Gasteiger charge is 2.08. The van der Waals surface area contributed by atoms with Gasteiger partial charge < -0.3 is 0 Å². The van der Waals surface area contributed by atoms with Gasteiger partial charge in [0.2, 0.25) is 0 Å². The molecule has 0 atom stereocenters. The van der Waals surface area contributed by atoms with E-state index in [2.05, 4.69) is 31.9 Å². The van der Waals surface area contributed by atoms with Crippen LogP contribution in [0.1, 0.15) is 10.4 Å². The zero-order chi connectivity index (χ0) is 9.14. The molecule has 0 spiro atoms. The van der Waals surface area contributed by atoms with E-state index in [1.165, 1.54) is 0 Å². The highest BCUT2D eigenvalue weighted by molar-refractivity contribution is 9.11. The van der Waals surface area contributed by atoms with E-state index in [9.17, 15) is 4.79 Å². The maximum Gasteiger partial charge on any atom is 0.152 e. The Bertz CT molecular complexity index is 312. The van der Waals surface area contributed by atoms with E-state index in [0.717, 1.165) is 20.1 Å². The summed E-state index contributed by atoms with van der Waals surface area (Å²) in [4.78, 5) is 11.7. The zero-order valence-electron chi connectivity index (χ0n) is 6.30. The normalized spacial score (nSPS) is 9.92. The molecule has 1 nitrogen and oxygen atoms in total. The van der Waals surface area contributed by atoms with Crippen LogP contribution in [0.3, 0.4) is 0 Å². The third kappa shape index (κ3) is 1.92. The van der Waals surface area contributed by atoms with Crippen molar-refractivity contribution in [1.82, 2.24) is 0 Å². The number of hydrogen-bond donors (Lipinski definition) is 0. The lowest BCUT2D eigenvalue weighted by Crippen LogP contribution is -1.87. The molecule has 12 heavy (non-hydrogen) atoms. The Morgan fingerprint density at radius 2 is 1.92 bits per heavy atom. The molecule has 1 aromatic rings. The second-order valence-corrected chi connectivity index (χ2v) is 4.62. The van der Waals surface area contributed by atoms with E-state index in [-0.39, 0.29) is 0 Å². The Balaban J connectivity index is 3.38. The Morgan fingerprint density at radius 1 is 1.33 bits per heavy atom. The molecule has 0 bridgehead atoms. The number of aldehydes is 1. The molecule has 0 aliphatic heterocycles. The van der Waals surface area contributed by atoms with Gasteiger partial charge in [-0.15, -0.1) is 11.8 Å². The third-order valence-corrected chi connectivity index (χ3v) is 3.88. The predicted octanol–water partition coefficient (Wildman–Crippen LogP) is 3.75. The molecule has 0 heterocycles. The molecular formula is C8H6Br2OS. The van der Waals surface area contributed by atoms with Crippen molar-refractivity contribution in [2.45, 2.75) is 4.90 Å². The number of hydrogen-bond acceptors (Lipinski definition) is 2. The fourth-order valence-corrected chi connectivity index (χ4v) is 2.89. The van der Waals surface area contributed by atoms with Gasteiger partial charge in [0, 0.05) is 19.4 Å². The van der Waals surface area contributed by atoms with Crippen LogP contribution >= 0.6 is 43.6 Å². The summed E-state index contributed by atoms with van der Waals surface area (Å²) in [5.74, 6) is 0. The summed E-state index contributed by atoms with van der Waals surface area (Å²) in [6.07, 6.45) is 2.81. The molecule has 64 valence electrons. The molecule has 0 aromatic heterocycles. The van der Waals surface area contributed by atoms with Crippen LogP contribution in [0, 0.1) is 0 Å². The SMILES string of the molecule is CSc1c(Br)ccc(Br)c1C=O. The molecule has 0 radical (unpaired) electrons. The molecule has 0 saturated heterocycles. The fourth-order valence-electron chi connectivity index (χ4n) is 0.866. The van der Waals surface area contributed by atoms with Crippen molar-refractivity contribution in [3.8, 4) is 0 Å². The summed E-state index contributed by atoms with van der Waals surface area (Å²) >= 11 is 8.25. The van der Waals surface area contributed by atoms with Crippen molar-refractivity contribution < 1.29 is 4.79 Å². The molecule has 4 heteroatoms. The van der Waals surface area contributed by atoms with Gasteiger partial charge in [-0.05, 0) is 34.3 Å². The number of rotatable bonds is 2. The molecule has 0 amide bonds. The van der Waals surface area contributed by atoms with Gasteiger partial charge in [0.05, 0.1) is 0 Å². The summed E-state index contributed by atoms with van der Waals surface area (Å²) in [6.45, 7) is 0. The van der Waals surface area contributed by atoms with Gasteiger partial charge in [-0.2, -0.15) is 0 Å². The van der Waals surface area contributed by atoms with Crippen LogP contribution in [0.2, 0.25) is 0 Å². The Hall–Kier alpha value is 0.200. The smallest absolute Gasteiger partial charge is 0.152 e. The van der Waals surface area contributed by atoms with Gasteiger partial charge in [-0.3, -0.25) is 4.79 Å². The molecule has 0 aliphatic carbocycles. The standard InChI is InChI=1S/C8H6Br2OS/c1-12-8-5(4-11)6(9)2-3-7(8)10/h2-4H,1H3. The lowest BCUT2D eigenvalue weighted by molar-refractivity contribution is 0.112. The van der Waals surface area contributed by atoms with Crippen molar-refractivity contribution >= 4 is 49.9 Å². The van der Waals surface area contributed by atoms with E-state index in [0.29, 0.717) is 5.56 Å². The first-order valence-electron chi connectivity index (χ1n) is 3.18. The molecule has 0 unspecified atom stereocenters. The van der Waals surface area contributed by atoms with Gasteiger partial charge in [0.25, 0.3) is 0 Å². The highest BCUT2D eigenvalue weighted by Crippen LogP contribution is 2.32. The summed E-state index contributed by atoms with van der Waals surface area (Å²) in [5.41, 5.74) is 0.705. The van der Waals surface area contributed by atoms with E-state index in [1.54, 1.807) is 11.8 Å². The summed E-state index contributed by atoms with van der Waals surface area (Å²) in [5, 5.41) is 0. The molecular weight excluding hydrogens is 304 g/mol. The Morgan fingerprint density at radius 3 is 2.33 bits per heavy atom. The number of thioether (sulfide) groups is 1. The van der Waals surface area contributed by atoms with Crippen molar-refractivity contribution in [2.24, 2.45) is 0 Å². The van der Waals surface area contributed by atoms with E-state index >= 15 is 0 Å². The number of carbonyl (C=O) groups is 1. The number of carbonyl (C=O) groups excluding carboxylic acids is 1. The average Bonchev–Trinajstić information content (AvgIpc) is 2.08. The third-order valence-electron chi connectivity index (χ3n) is 1.42. The van der Waals surface area contributed by atoms with Crippen molar-refractivity contribution in [3.63, 3.8) is 0 Å². The van der Waals surface area contributed by atoms with Crippen LogP contribution in [0.15, 0.2) is 26.0 Å². The van der Waals surface area contributed by atoms with Crippen LogP contribution in [0.4, 0.5) is 0 Å². The molecule has 1 rings (SSSR count). The predicted molar refractivity (Wildman–Crippen MR) is 59.0 cm³/mol. The molecule has 0 N–H and O–H groups in total. The largest absolute Gasteiger partial charge is 0.298 e.